The van der Waals surface area contributed by atoms with Gasteiger partial charge < -0.3 is 5.73 Å². The third-order valence-electron chi connectivity index (χ3n) is 4.38. The van der Waals surface area contributed by atoms with Gasteiger partial charge in [-0.1, -0.05) is 50.5 Å². The van der Waals surface area contributed by atoms with Crippen LogP contribution in [-0.2, 0) is 5.54 Å². The largest absolute Gasteiger partial charge is 0.322 e. The molecule has 1 aromatic rings. The molecular weight excluding hydrogens is 206 g/mol. The van der Waals surface area contributed by atoms with Crippen molar-refractivity contribution in [3.8, 4) is 0 Å². The van der Waals surface area contributed by atoms with Crippen LogP contribution in [0.1, 0.15) is 69.4 Å². The molecule has 0 bridgehead atoms. The zero-order valence-corrected chi connectivity index (χ0v) is 11.2. The first-order valence-electron chi connectivity index (χ1n) is 7.03. The second kappa shape index (κ2) is 5.22. The summed E-state index contributed by atoms with van der Waals surface area (Å²) >= 11 is 0. The van der Waals surface area contributed by atoms with E-state index < -0.39 is 0 Å². The van der Waals surface area contributed by atoms with Gasteiger partial charge in [0.25, 0.3) is 0 Å². The van der Waals surface area contributed by atoms with E-state index in [1.165, 1.54) is 43.2 Å². The van der Waals surface area contributed by atoms with E-state index in [1.807, 2.05) is 0 Å². The first-order chi connectivity index (χ1) is 8.13. The Balaban J connectivity index is 2.12. The summed E-state index contributed by atoms with van der Waals surface area (Å²) in [4.78, 5) is 0. The van der Waals surface area contributed by atoms with Crippen molar-refractivity contribution in [1.82, 2.24) is 0 Å². The van der Waals surface area contributed by atoms with Crippen LogP contribution in [0.15, 0.2) is 24.3 Å². The van der Waals surface area contributed by atoms with Gasteiger partial charge in [-0.3, -0.25) is 0 Å². The molecule has 0 amide bonds. The van der Waals surface area contributed by atoms with Gasteiger partial charge in [0.1, 0.15) is 0 Å². The predicted octanol–water partition coefficient (Wildman–Crippen LogP) is 4.32. The van der Waals surface area contributed by atoms with Gasteiger partial charge in [-0.2, -0.15) is 0 Å². The molecule has 1 nitrogen and oxygen atoms in total. The monoisotopic (exact) mass is 231 g/mol. The summed E-state index contributed by atoms with van der Waals surface area (Å²) < 4.78 is 0. The second-order valence-corrected chi connectivity index (χ2v) is 5.73. The minimum absolute atomic E-state index is 0.176. The number of hydrogen-bond donors (Lipinski definition) is 1. The molecule has 1 saturated carbocycles. The SMILES string of the molecule is CCC(C)(N)c1ccc(C2CCCCC2)cc1. The van der Waals surface area contributed by atoms with Gasteiger partial charge in [-0.25, -0.2) is 0 Å². The van der Waals surface area contributed by atoms with E-state index in [-0.39, 0.29) is 5.54 Å². The van der Waals surface area contributed by atoms with E-state index in [1.54, 1.807) is 0 Å². The third kappa shape index (κ3) is 2.90. The van der Waals surface area contributed by atoms with Gasteiger partial charge in [0.05, 0.1) is 0 Å². The highest BCUT2D eigenvalue weighted by atomic mass is 14.7. The van der Waals surface area contributed by atoms with Gasteiger partial charge in [-0.05, 0) is 43.2 Å². The number of nitrogens with two attached hydrogens (primary N) is 1. The molecule has 2 N–H and O–H groups in total. The fraction of sp³-hybridized carbons (Fsp3) is 0.625. The zero-order valence-electron chi connectivity index (χ0n) is 11.2. The Morgan fingerprint density at radius 3 is 2.24 bits per heavy atom. The van der Waals surface area contributed by atoms with Crippen molar-refractivity contribution in [3.05, 3.63) is 35.4 Å². The highest BCUT2D eigenvalue weighted by molar-refractivity contribution is 5.29. The fourth-order valence-corrected chi connectivity index (χ4v) is 2.78. The molecule has 1 aliphatic rings. The molecule has 17 heavy (non-hydrogen) atoms. The minimum Gasteiger partial charge on any atom is -0.322 e. The van der Waals surface area contributed by atoms with Gasteiger partial charge in [0.15, 0.2) is 0 Å². The van der Waals surface area contributed by atoms with Crippen molar-refractivity contribution in [2.45, 2.75) is 63.8 Å². The highest BCUT2D eigenvalue weighted by Crippen LogP contribution is 2.33. The summed E-state index contributed by atoms with van der Waals surface area (Å²) in [5, 5.41) is 0. The molecule has 2 rings (SSSR count). The molecule has 1 aliphatic carbocycles. The van der Waals surface area contributed by atoms with Gasteiger partial charge in [0.2, 0.25) is 0 Å². The summed E-state index contributed by atoms with van der Waals surface area (Å²) in [6.45, 7) is 4.26. The van der Waals surface area contributed by atoms with E-state index in [9.17, 15) is 0 Å². The van der Waals surface area contributed by atoms with Crippen LogP contribution in [0.5, 0.6) is 0 Å². The maximum atomic E-state index is 6.27. The fourth-order valence-electron chi connectivity index (χ4n) is 2.78. The topological polar surface area (TPSA) is 26.0 Å². The van der Waals surface area contributed by atoms with Crippen molar-refractivity contribution < 1.29 is 0 Å². The van der Waals surface area contributed by atoms with Crippen LogP contribution in [0.2, 0.25) is 0 Å². The Kier molecular flexibility index (Phi) is 3.88. The van der Waals surface area contributed by atoms with Crippen LogP contribution in [0.4, 0.5) is 0 Å². The van der Waals surface area contributed by atoms with Gasteiger partial charge >= 0.3 is 0 Å². The first-order valence-corrected chi connectivity index (χ1v) is 7.03. The Morgan fingerprint density at radius 2 is 1.71 bits per heavy atom. The molecule has 0 spiro atoms. The van der Waals surface area contributed by atoms with Crippen molar-refractivity contribution in [3.63, 3.8) is 0 Å². The third-order valence-corrected chi connectivity index (χ3v) is 4.38. The normalized spacial score (nSPS) is 21.1. The lowest BCUT2D eigenvalue weighted by Crippen LogP contribution is -2.31. The molecule has 0 aromatic heterocycles. The highest BCUT2D eigenvalue weighted by Gasteiger charge is 2.20. The van der Waals surface area contributed by atoms with Crippen molar-refractivity contribution in [2.75, 3.05) is 0 Å². The maximum absolute atomic E-state index is 6.27. The van der Waals surface area contributed by atoms with Crippen molar-refractivity contribution >= 4 is 0 Å². The molecule has 94 valence electrons. The van der Waals surface area contributed by atoms with Gasteiger partial charge in [0, 0.05) is 5.54 Å². The average molecular weight is 231 g/mol. The van der Waals surface area contributed by atoms with E-state index in [0.717, 1.165) is 12.3 Å². The standard InChI is InChI=1S/C16H25N/c1-3-16(2,17)15-11-9-14(10-12-15)13-7-5-4-6-8-13/h9-13H,3-8,17H2,1-2H3. The van der Waals surface area contributed by atoms with Crippen molar-refractivity contribution in [2.24, 2.45) is 5.73 Å². The number of hydrogen-bond acceptors (Lipinski definition) is 1. The summed E-state index contributed by atoms with van der Waals surface area (Å²) in [5.74, 6) is 0.795. The summed E-state index contributed by atoms with van der Waals surface area (Å²) in [6, 6.07) is 9.05. The van der Waals surface area contributed by atoms with E-state index in [2.05, 4.69) is 38.1 Å². The Morgan fingerprint density at radius 1 is 1.12 bits per heavy atom. The Labute approximate surface area is 105 Å². The number of rotatable bonds is 3. The van der Waals surface area contributed by atoms with E-state index >= 15 is 0 Å². The molecule has 0 aliphatic heterocycles. The van der Waals surface area contributed by atoms with Crippen LogP contribution in [0, 0.1) is 0 Å². The smallest absolute Gasteiger partial charge is 0.0378 e. The minimum atomic E-state index is -0.176. The quantitative estimate of drug-likeness (QED) is 0.823. The van der Waals surface area contributed by atoms with Crippen LogP contribution < -0.4 is 5.73 Å². The predicted molar refractivity (Wildman–Crippen MR) is 74.1 cm³/mol. The molecule has 0 radical (unpaired) electrons. The Bertz CT molecular complexity index is 344. The first kappa shape index (κ1) is 12.6. The molecular formula is C16H25N. The summed E-state index contributed by atoms with van der Waals surface area (Å²) in [7, 11) is 0. The maximum Gasteiger partial charge on any atom is 0.0378 e. The van der Waals surface area contributed by atoms with Crippen molar-refractivity contribution in [1.29, 1.82) is 0 Å². The van der Waals surface area contributed by atoms with Gasteiger partial charge in [-0.15, -0.1) is 0 Å². The summed E-state index contributed by atoms with van der Waals surface area (Å²) in [6.07, 6.45) is 7.94. The van der Waals surface area contributed by atoms with E-state index in [0.29, 0.717) is 0 Å². The second-order valence-electron chi connectivity index (χ2n) is 5.73. The lowest BCUT2D eigenvalue weighted by molar-refractivity contribution is 0.442. The van der Waals surface area contributed by atoms with Crippen LogP contribution >= 0.6 is 0 Å². The van der Waals surface area contributed by atoms with E-state index in [4.69, 9.17) is 5.73 Å². The molecule has 0 heterocycles. The molecule has 1 atom stereocenters. The lowest BCUT2D eigenvalue weighted by atomic mass is 9.82. The number of benzene rings is 1. The van der Waals surface area contributed by atoms with Crippen LogP contribution in [0.3, 0.4) is 0 Å². The molecule has 1 unspecified atom stereocenters. The lowest BCUT2D eigenvalue weighted by Gasteiger charge is -2.25. The zero-order chi connectivity index (χ0) is 12.3. The molecule has 1 fully saturated rings. The molecule has 1 heteroatoms. The Hall–Kier alpha value is -0.820. The van der Waals surface area contributed by atoms with Crippen LogP contribution in [0.25, 0.3) is 0 Å². The molecule has 1 aromatic carbocycles. The molecule has 0 saturated heterocycles. The average Bonchev–Trinajstić information content (AvgIpc) is 2.40. The summed E-state index contributed by atoms with van der Waals surface area (Å²) in [5.41, 5.74) is 8.87. The van der Waals surface area contributed by atoms with Crippen LogP contribution in [-0.4, -0.2) is 0 Å².